The Morgan fingerprint density at radius 1 is 0.914 bits per heavy atom. The molecule has 0 bridgehead atoms. The average Bonchev–Trinajstić information content (AvgIpc) is 2.86. The lowest BCUT2D eigenvalue weighted by molar-refractivity contribution is -0.182. The van der Waals surface area contributed by atoms with E-state index < -0.39 is 12.1 Å². The van der Waals surface area contributed by atoms with Gasteiger partial charge < -0.3 is 4.90 Å². The van der Waals surface area contributed by atoms with Gasteiger partial charge in [-0.1, -0.05) is 61.5 Å². The van der Waals surface area contributed by atoms with Gasteiger partial charge in [0, 0.05) is 19.5 Å². The van der Waals surface area contributed by atoms with Crippen molar-refractivity contribution in [3.05, 3.63) is 71.3 Å². The van der Waals surface area contributed by atoms with E-state index in [1.54, 1.807) is 6.07 Å². The maximum absolute atomic E-state index is 12.9. The smallest absolute Gasteiger partial charge is 0.300 e. The first-order chi connectivity index (χ1) is 16.8. The van der Waals surface area contributed by atoms with E-state index >= 15 is 0 Å². The molecule has 0 spiro atoms. The predicted octanol–water partition coefficient (Wildman–Crippen LogP) is 8.33. The third-order valence-corrected chi connectivity index (χ3v) is 7.16. The van der Waals surface area contributed by atoms with Gasteiger partial charge in [0.05, 0.1) is 12.0 Å². The maximum atomic E-state index is 12.9. The molecule has 0 heterocycles. The molecule has 1 aliphatic rings. The van der Waals surface area contributed by atoms with Crippen molar-refractivity contribution in [1.82, 2.24) is 4.90 Å². The second-order valence-corrected chi connectivity index (χ2v) is 9.71. The van der Waals surface area contributed by atoms with Crippen LogP contribution in [0.1, 0.15) is 81.9 Å². The van der Waals surface area contributed by atoms with Crippen LogP contribution in [-0.2, 0) is 12.8 Å². The van der Waals surface area contributed by atoms with Crippen LogP contribution in [0, 0.1) is 17.2 Å². The van der Waals surface area contributed by atoms with Gasteiger partial charge in [-0.05, 0) is 87.4 Å². The molecule has 0 amide bonds. The minimum absolute atomic E-state index is 0.268. The molecular weight excluding hydrogens is 445 g/mol. The fourth-order valence-electron chi connectivity index (χ4n) is 5.03. The number of rotatable bonds is 10. The van der Waals surface area contributed by atoms with Gasteiger partial charge in [-0.15, -0.1) is 0 Å². The summed E-state index contributed by atoms with van der Waals surface area (Å²) in [5, 5.41) is 7.32. The van der Waals surface area contributed by atoms with Crippen molar-refractivity contribution in [3.63, 3.8) is 0 Å². The Balaban J connectivity index is 0.00000137. The molecule has 3 rings (SSSR count). The SMILES string of the molecule is CC#N.CCCN(CCc1ccccc1)C(C)CCc1ccc(C2CCC(C(F)(F)F)CC2)cc1. The van der Waals surface area contributed by atoms with E-state index in [1.165, 1.54) is 23.6 Å². The molecule has 0 N–H and O–H groups in total. The molecule has 1 aliphatic carbocycles. The molecule has 0 saturated heterocycles. The highest BCUT2D eigenvalue weighted by atomic mass is 19.4. The lowest BCUT2D eigenvalue weighted by atomic mass is 9.78. The summed E-state index contributed by atoms with van der Waals surface area (Å²) in [4.78, 5) is 2.60. The van der Waals surface area contributed by atoms with Crippen molar-refractivity contribution < 1.29 is 13.2 Å². The number of hydrogen-bond acceptors (Lipinski definition) is 2. The van der Waals surface area contributed by atoms with E-state index in [0.717, 1.165) is 38.8 Å². The molecule has 1 saturated carbocycles. The monoisotopic (exact) mass is 486 g/mol. The molecule has 1 fully saturated rings. The van der Waals surface area contributed by atoms with Crippen LogP contribution in [0.15, 0.2) is 54.6 Å². The van der Waals surface area contributed by atoms with Crippen molar-refractivity contribution in [1.29, 1.82) is 5.26 Å². The van der Waals surface area contributed by atoms with Gasteiger partial charge in [-0.25, -0.2) is 0 Å². The topological polar surface area (TPSA) is 27.0 Å². The van der Waals surface area contributed by atoms with Crippen LogP contribution in [0.5, 0.6) is 0 Å². The van der Waals surface area contributed by atoms with Gasteiger partial charge >= 0.3 is 6.18 Å². The number of nitrogens with zero attached hydrogens (tertiary/aromatic N) is 2. The summed E-state index contributed by atoms with van der Waals surface area (Å²) in [5.74, 6) is -0.827. The van der Waals surface area contributed by atoms with E-state index in [4.69, 9.17) is 5.26 Å². The van der Waals surface area contributed by atoms with E-state index in [0.29, 0.717) is 18.9 Å². The highest BCUT2D eigenvalue weighted by molar-refractivity contribution is 5.26. The first-order valence-corrected chi connectivity index (χ1v) is 13.0. The van der Waals surface area contributed by atoms with Gasteiger partial charge in [0.15, 0.2) is 0 Å². The minimum atomic E-state index is -4.03. The number of halogens is 3. The average molecular weight is 487 g/mol. The standard InChI is InChI=1S/C28H38F3N.C2H3N/c1-3-20-32(21-19-23-7-5-4-6-8-23)22(2)9-10-24-11-13-25(14-12-24)26-15-17-27(18-16-26)28(29,30)31;1-2-3/h4-8,11-14,22,26-27H,3,9-10,15-21H2,1-2H3;1H3. The Morgan fingerprint density at radius 3 is 2.03 bits per heavy atom. The van der Waals surface area contributed by atoms with Crippen LogP contribution in [0.2, 0.25) is 0 Å². The Bertz CT molecular complexity index is 863. The number of hydrogen-bond donors (Lipinski definition) is 0. The normalized spacial score (nSPS) is 18.9. The number of aryl methyl sites for hydroxylation is 1. The molecule has 2 nitrogen and oxygen atoms in total. The molecule has 2 aromatic carbocycles. The summed E-state index contributed by atoms with van der Waals surface area (Å²) in [6.45, 7) is 8.20. The lowest BCUT2D eigenvalue weighted by Gasteiger charge is -2.30. The summed E-state index contributed by atoms with van der Waals surface area (Å²) < 4.78 is 38.7. The zero-order valence-electron chi connectivity index (χ0n) is 21.5. The van der Waals surface area contributed by atoms with Crippen LogP contribution < -0.4 is 0 Å². The van der Waals surface area contributed by atoms with E-state index in [1.807, 2.05) is 0 Å². The highest BCUT2D eigenvalue weighted by Crippen LogP contribution is 2.42. The first-order valence-electron chi connectivity index (χ1n) is 13.0. The molecule has 192 valence electrons. The van der Waals surface area contributed by atoms with Crippen LogP contribution in [0.25, 0.3) is 0 Å². The molecule has 5 heteroatoms. The molecular formula is C30H41F3N2. The number of alkyl halides is 3. The second-order valence-electron chi connectivity index (χ2n) is 9.71. The second kappa shape index (κ2) is 14.9. The first kappa shape index (κ1) is 28.9. The van der Waals surface area contributed by atoms with Gasteiger partial charge in [-0.2, -0.15) is 18.4 Å². The Kier molecular flexibility index (Phi) is 12.3. The maximum Gasteiger partial charge on any atom is 0.391 e. The Morgan fingerprint density at radius 2 is 1.49 bits per heavy atom. The summed E-state index contributed by atoms with van der Waals surface area (Å²) in [6.07, 6.45) is 2.19. The zero-order chi connectivity index (χ0) is 25.7. The van der Waals surface area contributed by atoms with Crippen molar-refractivity contribution in [3.8, 4) is 6.07 Å². The summed E-state index contributed by atoms with van der Waals surface area (Å²) >= 11 is 0. The summed E-state index contributed by atoms with van der Waals surface area (Å²) in [7, 11) is 0. The van der Waals surface area contributed by atoms with Gasteiger partial charge in [-0.3, -0.25) is 0 Å². The molecule has 0 aromatic heterocycles. The summed E-state index contributed by atoms with van der Waals surface area (Å²) in [6, 6.07) is 21.6. The van der Waals surface area contributed by atoms with Crippen molar-refractivity contribution >= 4 is 0 Å². The van der Waals surface area contributed by atoms with Crippen LogP contribution in [0.4, 0.5) is 13.2 Å². The van der Waals surface area contributed by atoms with Gasteiger partial charge in [0.1, 0.15) is 0 Å². The summed E-state index contributed by atoms with van der Waals surface area (Å²) in [5.41, 5.74) is 3.92. The predicted molar refractivity (Wildman–Crippen MR) is 138 cm³/mol. The minimum Gasteiger partial charge on any atom is -0.300 e. The van der Waals surface area contributed by atoms with Crippen molar-refractivity contribution in [2.75, 3.05) is 13.1 Å². The van der Waals surface area contributed by atoms with Gasteiger partial charge in [0.25, 0.3) is 0 Å². The van der Waals surface area contributed by atoms with Crippen molar-refractivity contribution in [2.24, 2.45) is 5.92 Å². The van der Waals surface area contributed by atoms with Crippen LogP contribution >= 0.6 is 0 Å². The molecule has 0 aliphatic heterocycles. The fraction of sp³-hybridized carbons (Fsp3) is 0.567. The third kappa shape index (κ3) is 10.1. The molecule has 2 aromatic rings. The third-order valence-electron chi connectivity index (χ3n) is 7.16. The molecule has 35 heavy (non-hydrogen) atoms. The zero-order valence-corrected chi connectivity index (χ0v) is 21.5. The molecule has 0 radical (unpaired) electrons. The Hall–Kier alpha value is -2.32. The molecule has 1 atom stereocenters. The fourth-order valence-corrected chi connectivity index (χ4v) is 5.03. The highest BCUT2D eigenvalue weighted by Gasteiger charge is 2.41. The van der Waals surface area contributed by atoms with E-state index in [2.05, 4.69) is 73.3 Å². The quantitative estimate of drug-likeness (QED) is 0.337. The lowest BCUT2D eigenvalue weighted by Crippen LogP contribution is -2.35. The largest absolute Gasteiger partial charge is 0.391 e. The Labute approximate surface area is 210 Å². The van der Waals surface area contributed by atoms with Crippen molar-refractivity contribution in [2.45, 2.75) is 90.3 Å². The van der Waals surface area contributed by atoms with Gasteiger partial charge in [0.2, 0.25) is 0 Å². The van der Waals surface area contributed by atoms with Crippen LogP contribution in [0.3, 0.4) is 0 Å². The van der Waals surface area contributed by atoms with E-state index in [-0.39, 0.29) is 18.8 Å². The van der Waals surface area contributed by atoms with Crippen LogP contribution in [-0.4, -0.2) is 30.2 Å². The molecule has 1 unspecified atom stereocenters. The van der Waals surface area contributed by atoms with E-state index in [9.17, 15) is 13.2 Å². The number of benzene rings is 2. The number of nitriles is 1.